The van der Waals surface area contributed by atoms with Crippen molar-refractivity contribution in [3.05, 3.63) is 6.92 Å². The summed E-state index contributed by atoms with van der Waals surface area (Å²) in [7, 11) is 0. The van der Waals surface area contributed by atoms with Gasteiger partial charge in [0.25, 0.3) is 0 Å². The molecule has 0 aliphatic rings. The van der Waals surface area contributed by atoms with E-state index in [1.165, 1.54) is 0 Å². The van der Waals surface area contributed by atoms with Crippen LogP contribution in [0.5, 0.6) is 0 Å². The minimum atomic E-state index is 0. The fourth-order valence-corrected chi connectivity index (χ4v) is 1.30. The smallest absolute Gasteiger partial charge is 1.00 e. The second-order valence-corrected chi connectivity index (χ2v) is 3.28. The average molecular weight is 202 g/mol. The van der Waals surface area contributed by atoms with E-state index in [1.807, 2.05) is 0 Å². The first kappa shape index (κ1) is 18.7. The molecule has 0 rings (SSSR count). The average Bonchev–Trinajstić information content (AvgIpc) is 1.81. The van der Waals surface area contributed by atoms with Gasteiger partial charge in [-0.15, -0.1) is 0 Å². The van der Waals surface area contributed by atoms with E-state index in [0.29, 0.717) is 12.1 Å². The number of rotatable bonds is 4. The first-order valence-corrected chi connectivity index (χ1v) is 4.14. The van der Waals surface area contributed by atoms with Gasteiger partial charge in [0, 0.05) is 12.1 Å². The molecule has 0 atom stereocenters. The molecular formula is C9H20ClMgN. The van der Waals surface area contributed by atoms with Gasteiger partial charge in [-0.05, 0) is 34.2 Å². The quantitative estimate of drug-likeness (QED) is 0.415. The van der Waals surface area contributed by atoms with Crippen LogP contribution in [0, 0.1) is 6.92 Å². The van der Waals surface area contributed by atoms with Gasteiger partial charge in [0.2, 0.25) is 0 Å². The third kappa shape index (κ3) is 7.65. The van der Waals surface area contributed by atoms with Crippen LogP contribution in [0.25, 0.3) is 0 Å². The number of hydrogen-bond donors (Lipinski definition) is 0. The molecule has 0 bridgehead atoms. The monoisotopic (exact) mass is 201 g/mol. The number of halogens is 1. The van der Waals surface area contributed by atoms with Crippen LogP contribution >= 0.6 is 0 Å². The van der Waals surface area contributed by atoms with Crippen LogP contribution in [0.4, 0.5) is 0 Å². The zero-order valence-electron chi connectivity index (χ0n) is 8.81. The summed E-state index contributed by atoms with van der Waals surface area (Å²) in [6, 6.07) is 1.31. The molecule has 0 saturated carbocycles. The third-order valence-corrected chi connectivity index (χ3v) is 1.74. The molecular weight excluding hydrogens is 182 g/mol. The molecule has 12 heavy (non-hydrogen) atoms. The summed E-state index contributed by atoms with van der Waals surface area (Å²) in [6.45, 7) is 13.9. The molecule has 0 saturated heterocycles. The van der Waals surface area contributed by atoms with E-state index < -0.39 is 0 Å². The molecule has 3 heteroatoms. The predicted molar refractivity (Wildman–Crippen MR) is 52.7 cm³/mol. The van der Waals surface area contributed by atoms with E-state index in [2.05, 4.69) is 39.5 Å². The molecule has 0 aromatic rings. The fourth-order valence-electron chi connectivity index (χ4n) is 1.30. The van der Waals surface area contributed by atoms with Gasteiger partial charge in [0.05, 0.1) is 0 Å². The van der Waals surface area contributed by atoms with Crippen LogP contribution in [0.15, 0.2) is 0 Å². The molecule has 1 nitrogen and oxygen atoms in total. The maximum Gasteiger partial charge on any atom is 2.00 e. The van der Waals surface area contributed by atoms with Crippen LogP contribution in [0.3, 0.4) is 0 Å². The van der Waals surface area contributed by atoms with Crippen molar-refractivity contribution in [1.82, 2.24) is 4.90 Å². The van der Waals surface area contributed by atoms with Crippen LogP contribution in [0.2, 0.25) is 0 Å². The molecule has 0 radical (unpaired) electrons. The van der Waals surface area contributed by atoms with E-state index in [9.17, 15) is 0 Å². The summed E-state index contributed by atoms with van der Waals surface area (Å²) in [5, 5.41) is 0. The van der Waals surface area contributed by atoms with Crippen molar-refractivity contribution < 1.29 is 12.4 Å². The van der Waals surface area contributed by atoms with E-state index >= 15 is 0 Å². The van der Waals surface area contributed by atoms with Crippen LogP contribution in [-0.4, -0.2) is 46.6 Å². The van der Waals surface area contributed by atoms with Crippen molar-refractivity contribution in [1.29, 1.82) is 0 Å². The molecule has 0 fully saturated rings. The Balaban J connectivity index is -0.000000405. The predicted octanol–water partition coefficient (Wildman–Crippen LogP) is -1.05. The van der Waals surface area contributed by atoms with Crippen molar-refractivity contribution in [2.75, 3.05) is 6.54 Å². The van der Waals surface area contributed by atoms with Gasteiger partial charge >= 0.3 is 23.1 Å². The molecule has 0 aliphatic carbocycles. The topological polar surface area (TPSA) is 3.24 Å². The van der Waals surface area contributed by atoms with Crippen LogP contribution in [-0.2, 0) is 0 Å². The number of nitrogens with zero attached hydrogens (tertiary/aromatic N) is 1. The Hall–Kier alpha value is 1.02. The van der Waals surface area contributed by atoms with Gasteiger partial charge in [-0.2, -0.15) is 6.42 Å². The summed E-state index contributed by atoms with van der Waals surface area (Å²) in [6.07, 6.45) is 1.01. The first-order chi connectivity index (χ1) is 4.59. The summed E-state index contributed by atoms with van der Waals surface area (Å²) >= 11 is 0. The molecule has 0 N–H and O–H groups in total. The molecule has 0 aromatic heterocycles. The fraction of sp³-hybridized carbons (Fsp3) is 0.889. The Morgan fingerprint density at radius 2 is 1.42 bits per heavy atom. The van der Waals surface area contributed by atoms with Crippen LogP contribution < -0.4 is 12.4 Å². The van der Waals surface area contributed by atoms with Gasteiger partial charge in [0.1, 0.15) is 0 Å². The zero-order chi connectivity index (χ0) is 8.15. The molecule has 0 spiro atoms. The molecule has 0 aromatic carbocycles. The van der Waals surface area contributed by atoms with Gasteiger partial charge in [-0.1, -0.05) is 0 Å². The molecule has 0 heterocycles. The van der Waals surface area contributed by atoms with E-state index in [4.69, 9.17) is 0 Å². The molecule has 70 valence electrons. The van der Waals surface area contributed by atoms with Crippen molar-refractivity contribution >= 4 is 23.1 Å². The Bertz CT molecular complexity index is 78.6. The second kappa shape index (κ2) is 10.1. The van der Waals surface area contributed by atoms with Crippen molar-refractivity contribution in [2.45, 2.75) is 46.2 Å². The second-order valence-electron chi connectivity index (χ2n) is 3.28. The largest absolute Gasteiger partial charge is 2.00 e. The van der Waals surface area contributed by atoms with Gasteiger partial charge in [-0.25, -0.2) is 0 Å². The van der Waals surface area contributed by atoms with E-state index in [0.717, 1.165) is 13.0 Å². The minimum Gasteiger partial charge on any atom is -1.00 e. The summed E-state index contributed by atoms with van der Waals surface area (Å²) in [5.74, 6) is 0. The van der Waals surface area contributed by atoms with E-state index in [1.54, 1.807) is 0 Å². The molecule has 0 aliphatic heterocycles. The maximum absolute atomic E-state index is 3.85. The minimum absolute atomic E-state index is 0. The van der Waals surface area contributed by atoms with Crippen LogP contribution in [0.1, 0.15) is 34.1 Å². The normalized spacial score (nSPS) is 10.0. The van der Waals surface area contributed by atoms with Crippen molar-refractivity contribution in [3.63, 3.8) is 0 Å². The van der Waals surface area contributed by atoms with E-state index in [-0.39, 0.29) is 35.5 Å². The Morgan fingerprint density at radius 1 is 1.08 bits per heavy atom. The van der Waals surface area contributed by atoms with Gasteiger partial charge < -0.3 is 24.2 Å². The van der Waals surface area contributed by atoms with Gasteiger partial charge in [0.15, 0.2) is 0 Å². The van der Waals surface area contributed by atoms with Gasteiger partial charge in [-0.3, -0.25) is 0 Å². The van der Waals surface area contributed by atoms with Crippen molar-refractivity contribution in [2.24, 2.45) is 0 Å². The molecule has 0 amide bonds. The SMILES string of the molecule is [CH2-]CCN(C(C)C)C(C)C.[Cl-].[Mg+2]. The summed E-state index contributed by atoms with van der Waals surface area (Å²) in [4.78, 5) is 2.45. The Labute approximate surface area is 99.8 Å². The number of hydrogen-bond acceptors (Lipinski definition) is 1. The zero-order valence-corrected chi connectivity index (χ0v) is 11.0. The maximum atomic E-state index is 3.85. The standard InChI is InChI=1S/C9H20N.ClH.Mg/c1-6-7-10(8(2)3)9(4)5;;/h8-9H,1,6-7H2,2-5H3;1H;/q-1;;+2/p-1. The molecule has 0 unspecified atom stereocenters. The Morgan fingerprint density at radius 3 is 1.50 bits per heavy atom. The first-order valence-electron chi connectivity index (χ1n) is 4.14. The summed E-state index contributed by atoms with van der Waals surface area (Å²) in [5.41, 5.74) is 0. The van der Waals surface area contributed by atoms with Crippen molar-refractivity contribution in [3.8, 4) is 0 Å². The Kier molecular flexibility index (Phi) is 15.8. The summed E-state index contributed by atoms with van der Waals surface area (Å²) < 4.78 is 0. The third-order valence-electron chi connectivity index (χ3n) is 1.74.